The van der Waals surface area contributed by atoms with Crippen LogP contribution in [0.1, 0.15) is 27.5 Å². The first-order chi connectivity index (χ1) is 13.5. The van der Waals surface area contributed by atoms with E-state index in [1.54, 1.807) is 38.5 Å². The molecule has 1 amide bonds. The van der Waals surface area contributed by atoms with Gasteiger partial charge in [0, 0.05) is 16.1 Å². The van der Waals surface area contributed by atoms with Gasteiger partial charge < -0.3 is 9.47 Å². The summed E-state index contributed by atoms with van der Waals surface area (Å²) < 4.78 is 10.5. The number of quaternary nitrogens is 1. The van der Waals surface area contributed by atoms with Gasteiger partial charge in [-0.2, -0.15) is 0 Å². The highest BCUT2D eigenvalue weighted by atomic mass is 35.5. The Morgan fingerprint density at radius 3 is 1.61 bits per heavy atom. The lowest BCUT2D eigenvalue weighted by Crippen LogP contribution is -3.12. The molecule has 0 aliphatic carbocycles. The molecule has 3 aromatic carbocycles. The van der Waals surface area contributed by atoms with Crippen molar-refractivity contribution in [2.24, 2.45) is 0 Å². The highest BCUT2D eigenvalue weighted by Gasteiger charge is 2.30. The van der Waals surface area contributed by atoms with Gasteiger partial charge in [0.15, 0.2) is 0 Å². The minimum atomic E-state index is -0.181. The second-order valence-corrected chi connectivity index (χ2v) is 6.93. The first kappa shape index (κ1) is 19.9. The minimum Gasteiger partial charge on any atom is -0.497 e. The molecule has 0 radical (unpaired) electrons. The topological polar surface area (TPSA) is 40.0 Å². The summed E-state index contributed by atoms with van der Waals surface area (Å²) in [5.74, 6) is 1.55. The third-order valence-corrected chi connectivity index (χ3v) is 5.05. The Bertz CT molecular complexity index is 874. The third kappa shape index (κ3) is 4.35. The number of carbonyl (C=O) groups is 1. The molecule has 3 aromatic rings. The van der Waals surface area contributed by atoms with Crippen LogP contribution in [0.4, 0.5) is 0 Å². The van der Waals surface area contributed by atoms with Crippen molar-refractivity contribution in [2.45, 2.75) is 6.04 Å². The van der Waals surface area contributed by atoms with E-state index in [1.807, 2.05) is 55.6 Å². The van der Waals surface area contributed by atoms with Crippen LogP contribution in [-0.2, 0) is 0 Å². The molecule has 1 unspecified atom stereocenters. The van der Waals surface area contributed by atoms with Crippen molar-refractivity contribution in [3.63, 3.8) is 0 Å². The monoisotopic (exact) mass is 396 g/mol. The van der Waals surface area contributed by atoms with E-state index in [-0.39, 0.29) is 11.9 Å². The molecule has 0 bridgehead atoms. The predicted octanol–water partition coefficient (Wildman–Crippen LogP) is 3.80. The molecule has 0 aliphatic heterocycles. The first-order valence-corrected chi connectivity index (χ1v) is 9.33. The lowest BCUT2D eigenvalue weighted by molar-refractivity contribution is -0.820. The number of carbonyl (C=O) groups excluding carboxylic acids is 1. The van der Waals surface area contributed by atoms with Crippen molar-refractivity contribution in [1.29, 1.82) is 0 Å². The Labute approximate surface area is 170 Å². The average Bonchev–Trinajstić information content (AvgIpc) is 2.75. The number of ether oxygens (including phenoxy) is 2. The molecule has 0 spiro atoms. The highest BCUT2D eigenvalue weighted by Crippen LogP contribution is 2.24. The van der Waals surface area contributed by atoms with Crippen LogP contribution in [0.5, 0.6) is 11.5 Å². The molecular weight excluding hydrogens is 374 g/mol. The van der Waals surface area contributed by atoms with Gasteiger partial charge in [0.05, 0.1) is 26.8 Å². The zero-order chi connectivity index (χ0) is 20.1. The van der Waals surface area contributed by atoms with E-state index >= 15 is 0 Å². The normalized spacial score (nSPS) is 11.9. The molecule has 0 aliphatic rings. The van der Waals surface area contributed by atoms with Crippen LogP contribution in [0.3, 0.4) is 0 Å². The van der Waals surface area contributed by atoms with Gasteiger partial charge in [0.2, 0.25) is 0 Å². The van der Waals surface area contributed by atoms with Crippen LogP contribution >= 0.6 is 11.6 Å². The predicted molar refractivity (Wildman–Crippen MR) is 111 cm³/mol. The Hall–Kier alpha value is -2.82. The quantitative estimate of drug-likeness (QED) is 0.688. The van der Waals surface area contributed by atoms with E-state index in [2.05, 4.69) is 0 Å². The average molecular weight is 397 g/mol. The van der Waals surface area contributed by atoms with Crippen LogP contribution in [0.25, 0.3) is 0 Å². The van der Waals surface area contributed by atoms with Crippen LogP contribution < -0.4 is 14.4 Å². The molecule has 1 atom stereocenters. The maximum atomic E-state index is 13.2. The summed E-state index contributed by atoms with van der Waals surface area (Å²) in [6, 6.07) is 22.4. The SMILES string of the molecule is COc1ccc(C(c2ccc(OC)cc2)[NH+](C)C(=O)c2ccc(Cl)cc2)cc1. The summed E-state index contributed by atoms with van der Waals surface area (Å²) in [5, 5.41) is 0.607. The molecule has 4 nitrogen and oxygen atoms in total. The summed E-state index contributed by atoms with van der Waals surface area (Å²) >= 11 is 5.97. The summed E-state index contributed by atoms with van der Waals surface area (Å²) in [5.41, 5.74) is 2.66. The molecule has 0 fully saturated rings. The number of halogens is 1. The van der Waals surface area contributed by atoms with E-state index < -0.39 is 0 Å². The standard InChI is InChI=1S/C23H22ClNO3/c1-25(23(26)18-4-10-19(24)11-5-18)22(16-6-12-20(27-2)13-7-16)17-8-14-21(28-3)15-9-17/h4-15,22H,1-3H3/p+1. The number of hydrogen-bond donors (Lipinski definition) is 1. The smallest absolute Gasteiger partial charge is 0.344 e. The summed E-state index contributed by atoms with van der Waals surface area (Å²) in [7, 11) is 5.16. The number of hydrogen-bond acceptors (Lipinski definition) is 3. The largest absolute Gasteiger partial charge is 0.497 e. The lowest BCUT2D eigenvalue weighted by Gasteiger charge is -2.24. The maximum Gasteiger partial charge on any atom is 0.344 e. The van der Waals surface area contributed by atoms with E-state index in [0.29, 0.717) is 10.6 Å². The second kappa shape index (κ2) is 8.91. The van der Waals surface area contributed by atoms with Gasteiger partial charge in [-0.25, -0.2) is 4.79 Å². The summed E-state index contributed by atoms with van der Waals surface area (Å²) in [6.07, 6.45) is 0. The fraction of sp³-hybridized carbons (Fsp3) is 0.174. The Morgan fingerprint density at radius 1 is 0.786 bits per heavy atom. The molecule has 3 rings (SSSR count). The molecule has 0 saturated carbocycles. The molecule has 28 heavy (non-hydrogen) atoms. The number of nitrogens with one attached hydrogen (secondary N) is 1. The number of amides is 1. The molecule has 144 valence electrons. The zero-order valence-corrected chi connectivity index (χ0v) is 16.9. The number of benzene rings is 3. The van der Waals surface area contributed by atoms with Crippen LogP contribution in [0.15, 0.2) is 72.8 Å². The minimum absolute atomic E-state index is 0.00620. The Morgan fingerprint density at radius 2 is 1.21 bits per heavy atom. The fourth-order valence-electron chi connectivity index (χ4n) is 3.25. The Kier molecular flexibility index (Phi) is 6.34. The van der Waals surface area contributed by atoms with Crippen molar-refractivity contribution < 1.29 is 19.2 Å². The highest BCUT2D eigenvalue weighted by molar-refractivity contribution is 6.30. The van der Waals surface area contributed by atoms with E-state index in [4.69, 9.17) is 21.1 Å². The van der Waals surface area contributed by atoms with Gasteiger partial charge >= 0.3 is 5.91 Å². The van der Waals surface area contributed by atoms with Crippen molar-refractivity contribution in [3.05, 3.63) is 94.5 Å². The summed E-state index contributed by atoms with van der Waals surface area (Å²) in [4.78, 5) is 13.9. The van der Waals surface area contributed by atoms with Crippen molar-refractivity contribution in [3.8, 4) is 11.5 Å². The zero-order valence-electron chi connectivity index (χ0n) is 16.1. The fourth-order valence-corrected chi connectivity index (χ4v) is 3.37. The Balaban J connectivity index is 2.00. The molecule has 5 heteroatoms. The third-order valence-electron chi connectivity index (χ3n) is 4.80. The van der Waals surface area contributed by atoms with Crippen LogP contribution in [0, 0.1) is 0 Å². The number of rotatable bonds is 6. The van der Waals surface area contributed by atoms with Gasteiger partial charge in [-0.1, -0.05) is 11.6 Å². The summed E-state index contributed by atoms with van der Waals surface area (Å²) in [6.45, 7) is 0. The first-order valence-electron chi connectivity index (χ1n) is 8.95. The van der Waals surface area contributed by atoms with Crippen molar-refractivity contribution >= 4 is 17.5 Å². The molecule has 0 aromatic heterocycles. The van der Waals surface area contributed by atoms with Gasteiger partial charge in [-0.15, -0.1) is 0 Å². The van der Waals surface area contributed by atoms with Crippen LogP contribution in [0.2, 0.25) is 5.02 Å². The molecular formula is C23H23ClNO3+. The van der Waals surface area contributed by atoms with Gasteiger partial charge in [-0.3, -0.25) is 4.90 Å². The maximum absolute atomic E-state index is 13.2. The van der Waals surface area contributed by atoms with E-state index in [1.165, 1.54) is 0 Å². The van der Waals surface area contributed by atoms with Gasteiger partial charge in [0.1, 0.15) is 17.5 Å². The van der Waals surface area contributed by atoms with Gasteiger partial charge in [-0.05, 0) is 72.8 Å². The molecule has 1 N–H and O–H groups in total. The second-order valence-electron chi connectivity index (χ2n) is 6.50. The van der Waals surface area contributed by atoms with Crippen molar-refractivity contribution in [1.82, 2.24) is 0 Å². The van der Waals surface area contributed by atoms with E-state index in [0.717, 1.165) is 27.5 Å². The number of methoxy groups -OCH3 is 2. The van der Waals surface area contributed by atoms with Crippen LogP contribution in [-0.4, -0.2) is 27.2 Å². The van der Waals surface area contributed by atoms with Gasteiger partial charge in [0.25, 0.3) is 0 Å². The molecule has 0 saturated heterocycles. The van der Waals surface area contributed by atoms with Crippen molar-refractivity contribution in [2.75, 3.05) is 21.3 Å². The molecule has 0 heterocycles. The van der Waals surface area contributed by atoms with E-state index in [9.17, 15) is 4.79 Å². The lowest BCUT2D eigenvalue weighted by atomic mass is 9.96.